The monoisotopic (exact) mass is 494 g/mol. The van der Waals surface area contributed by atoms with Crippen molar-refractivity contribution < 1.29 is 23.5 Å². The summed E-state index contributed by atoms with van der Waals surface area (Å²) in [5.41, 5.74) is 0.419. The van der Waals surface area contributed by atoms with Gasteiger partial charge < -0.3 is 20.3 Å². The highest BCUT2D eigenvalue weighted by atomic mass is 35.5. The van der Waals surface area contributed by atoms with Crippen molar-refractivity contribution in [2.45, 2.75) is 24.9 Å². The summed E-state index contributed by atoms with van der Waals surface area (Å²) in [5.74, 6) is -1.64. The molecule has 11 heteroatoms. The summed E-state index contributed by atoms with van der Waals surface area (Å²) in [5, 5.41) is 5.40. The van der Waals surface area contributed by atoms with E-state index in [1.165, 1.54) is 17.0 Å². The van der Waals surface area contributed by atoms with E-state index >= 15 is 0 Å². The van der Waals surface area contributed by atoms with E-state index in [2.05, 4.69) is 10.6 Å². The molecule has 1 saturated carbocycles. The maximum Gasteiger partial charge on any atom is 0.261 e. The molecule has 2 aromatic rings. The molecule has 0 radical (unpaired) electrons. The van der Waals surface area contributed by atoms with Crippen LogP contribution in [0.25, 0.3) is 0 Å². The van der Waals surface area contributed by atoms with Crippen LogP contribution in [0.2, 0.25) is 4.34 Å². The van der Waals surface area contributed by atoms with Crippen LogP contribution in [0.3, 0.4) is 0 Å². The minimum atomic E-state index is -0.684. The van der Waals surface area contributed by atoms with Crippen LogP contribution in [-0.4, -0.2) is 68.1 Å². The highest BCUT2D eigenvalue weighted by molar-refractivity contribution is 7.18. The number of rotatable bonds is 8. The van der Waals surface area contributed by atoms with Crippen LogP contribution < -0.4 is 15.5 Å². The smallest absolute Gasteiger partial charge is 0.261 e. The second kappa shape index (κ2) is 10.2. The predicted octanol–water partition coefficient (Wildman–Crippen LogP) is 2.74. The van der Waals surface area contributed by atoms with Crippen molar-refractivity contribution in [2.24, 2.45) is 0 Å². The molecule has 0 spiro atoms. The first-order valence-corrected chi connectivity index (χ1v) is 11.8. The first-order chi connectivity index (χ1) is 15.8. The van der Waals surface area contributed by atoms with E-state index in [4.69, 9.17) is 16.3 Å². The number of halogens is 2. The second-order valence-corrected chi connectivity index (χ2v) is 9.69. The number of hydrogen-bond acceptors (Lipinski definition) is 6. The van der Waals surface area contributed by atoms with Gasteiger partial charge in [-0.25, -0.2) is 4.39 Å². The number of ether oxygens (including phenoxy) is 1. The molecule has 33 heavy (non-hydrogen) atoms. The maximum absolute atomic E-state index is 14.8. The first-order valence-electron chi connectivity index (χ1n) is 10.6. The SMILES string of the molecule is CN(C1CC1)[C@@H](CNC(=O)c1ccc(Cl)s1)C(=O)Nc1ccc(N2CCOCC2=O)cc1F. The van der Waals surface area contributed by atoms with Crippen molar-refractivity contribution in [3.63, 3.8) is 0 Å². The van der Waals surface area contributed by atoms with Gasteiger partial charge in [0.1, 0.15) is 18.5 Å². The van der Waals surface area contributed by atoms with E-state index in [-0.39, 0.29) is 36.7 Å². The standard InChI is InChI=1S/C22H24ClFN4O4S/c1-27(13-2-3-13)17(11-25-22(31)18-6-7-19(23)33-18)21(30)26-16-5-4-14(10-15(16)24)28-8-9-32-12-20(28)29/h4-7,10,13,17H,2-3,8-9,11-12H2,1H3,(H,25,31)(H,26,30)/t17-/m0/s1. The van der Waals surface area contributed by atoms with E-state index in [1.807, 2.05) is 11.9 Å². The Hall–Kier alpha value is -2.53. The molecule has 1 aliphatic heterocycles. The molecule has 4 rings (SSSR count). The number of thiophene rings is 1. The number of carbonyl (C=O) groups excluding carboxylic acids is 3. The lowest BCUT2D eigenvalue weighted by Crippen LogP contribution is -2.50. The topological polar surface area (TPSA) is 91.0 Å². The summed E-state index contributed by atoms with van der Waals surface area (Å²) in [6, 6.07) is 7.07. The number of carbonyl (C=O) groups is 3. The van der Waals surface area contributed by atoms with Crippen molar-refractivity contribution in [1.82, 2.24) is 10.2 Å². The van der Waals surface area contributed by atoms with Gasteiger partial charge in [0.05, 0.1) is 21.5 Å². The Kier molecular flexibility index (Phi) is 7.28. The largest absolute Gasteiger partial charge is 0.370 e. The van der Waals surface area contributed by atoms with Crippen LogP contribution in [0, 0.1) is 5.82 Å². The third kappa shape index (κ3) is 5.70. The third-order valence-electron chi connectivity index (χ3n) is 5.68. The lowest BCUT2D eigenvalue weighted by atomic mass is 10.2. The van der Waals surface area contributed by atoms with Crippen LogP contribution in [0.1, 0.15) is 22.5 Å². The molecule has 2 N–H and O–H groups in total. The molecule has 8 nitrogen and oxygen atoms in total. The second-order valence-electron chi connectivity index (χ2n) is 7.98. The Balaban J connectivity index is 1.43. The third-order valence-corrected chi connectivity index (χ3v) is 6.91. The van der Waals surface area contributed by atoms with Crippen LogP contribution in [0.4, 0.5) is 15.8 Å². The van der Waals surface area contributed by atoms with Gasteiger partial charge >= 0.3 is 0 Å². The summed E-state index contributed by atoms with van der Waals surface area (Å²) in [7, 11) is 1.82. The van der Waals surface area contributed by atoms with Gasteiger partial charge in [-0.3, -0.25) is 19.3 Å². The van der Waals surface area contributed by atoms with Crippen LogP contribution in [0.5, 0.6) is 0 Å². The quantitative estimate of drug-likeness (QED) is 0.589. The van der Waals surface area contributed by atoms with Gasteiger partial charge in [-0.2, -0.15) is 0 Å². The van der Waals surface area contributed by atoms with Crippen molar-refractivity contribution in [3.05, 3.63) is 45.4 Å². The van der Waals surface area contributed by atoms with Crippen LogP contribution in [-0.2, 0) is 14.3 Å². The summed E-state index contributed by atoms with van der Waals surface area (Å²) in [4.78, 5) is 41.3. The number of nitrogens with zero attached hydrogens (tertiary/aromatic N) is 2. The number of nitrogens with one attached hydrogen (secondary N) is 2. The lowest BCUT2D eigenvalue weighted by molar-refractivity contribution is -0.125. The van der Waals surface area contributed by atoms with Crippen molar-refractivity contribution in [2.75, 3.05) is 43.6 Å². The van der Waals surface area contributed by atoms with Crippen LogP contribution in [0.15, 0.2) is 30.3 Å². The number of amides is 3. The number of morpholine rings is 1. The zero-order valence-electron chi connectivity index (χ0n) is 18.0. The number of benzene rings is 1. The van der Waals surface area contributed by atoms with Gasteiger partial charge in [0.2, 0.25) is 5.91 Å². The van der Waals surface area contributed by atoms with Crippen molar-refractivity contribution in [1.29, 1.82) is 0 Å². The molecule has 1 atom stereocenters. The Bertz CT molecular complexity index is 1060. The zero-order chi connectivity index (χ0) is 23.5. The Morgan fingerprint density at radius 3 is 2.76 bits per heavy atom. The van der Waals surface area contributed by atoms with E-state index in [0.29, 0.717) is 28.1 Å². The normalized spacial score (nSPS) is 17.2. The maximum atomic E-state index is 14.8. The molecular weight excluding hydrogens is 471 g/mol. The minimum absolute atomic E-state index is 0.00928. The number of anilines is 2. The lowest BCUT2D eigenvalue weighted by Gasteiger charge is -2.28. The number of hydrogen-bond donors (Lipinski definition) is 2. The van der Waals surface area contributed by atoms with Crippen LogP contribution >= 0.6 is 22.9 Å². The van der Waals surface area contributed by atoms with Gasteiger partial charge in [-0.15, -0.1) is 11.3 Å². The molecule has 2 heterocycles. The fraction of sp³-hybridized carbons (Fsp3) is 0.409. The summed E-state index contributed by atoms with van der Waals surface area (Å²) < 4.78 is 20.4. The van der Waals surface area contributed by atoms with Gasteiger partial charge in [0.15, 0.2) is 0 Å². The average molecular weight is 495 g/mol. The first kappa shape index (κ1) is 23.6. The minimum Gasteiger partial charge on any atom is -0.370 e. The molecule has 1 aromatic carbocycles. The molecule has 1 saturated heterocycles. The van der Waals surface area contributed by atoms with E-state index in [9.17, 15) is 18.8 Å². The van der Waals surface area contributed by atoms with E-state index in [0.717, 1.165) is 24.2 Å². The summed E-state index contributed by atoms with van der Waals surface area (Å²) in [6.45, 7) is 0.742. The molecule has 1 aromatic heterocycles. The highest BCUT2D eigenvalue weighted by Gasteiger charge is 2.35. The fourth-order valence-corrected chi connectivity index (χ4v) is 4.61. The molecule has 2 aliphatic rings. The van der Waals surface area contributed by atoms with Gasteiger partial charge in [-0.05, 0) is 50.2 Å². The molecule has 2 fully saturated rings. The van der Waals surface area contributed by atoms with E-state index in [1.54, 1.807) is 18.2 Å². The van der Waals surface area contributed by atoms with Crippen molar-refractivity contribution >= 4 is 52.0 Å². The molecule has 3 amide bonds. The Morgan fingerprint density at radius 1 is 1.33 bits per heavy atom. The predicted molar refractivity (Wildman–Crippen MR) is 124 cm³/mol. The van der Waals surface area contributed by atoms with E-state index < -0.39 is 17.8 Å². The molecule has 176 valence electrons. The van der Waals surface area contributed by atoms with Gasteiger partial charge in [0.25, 0.3) is 11.8 Å². The molecule has 1 aliphatic carbocycles. The molecule has 0 bridgehead atoms. The number of likely N-dealkylation sites (N-methyl/N-ethyl adjacent to an activating group) is 1. The Labute approximate surface area is 199 Å². The summed E-state index contributed by atoms with van der Waals surface area (Å²) in [6.07, 6.45) is 1.93. The highest BCUT2D eigenvalue weighted by Crippen LogP contribution is 2.28. The zero-order valence-corrected chi connectivity index (χ0v) is 19.5. The molecule has 0 unspecified atom stereocenters. The van der Waals surface area contributed by atoms with Gasteiger partial charge in [0, 0.05) is 24.8 Å². The Morgan fingerprint density at radius 2 is 2.12 bits per heavy atom. The fourth-order valence-electron chi connectivity index (χ4n) is 3.65. The summed E-state index contributed by atoms with van der Waals surface area (Å²) >= 11 is 7.05. The molecular formula is C22H24ClFN4O4S. The van der Waals surface area contributed by atoms with Gasteiger partial charge in [-0.1, -0.05) is 11.6 Å². The average Bonchev–Trinajstić information content (AvgIpc) is 3.55. The van der Waals surface area contributed by atoms with Crippen molar-refractivity contribution in [3.8, 4) is 0 Å².